The standard InChI is InChI=1S/C12H18N6/c1-8-14-17-12(10-7-11(13)16-15-10)18(8)9-5-3-2-4-6-9/h7,9H,2-6H2,1H3,(H3,13,15,16). The maximum absolute atomic E-state index is 5.65. The van der Waals surface area contributed by atoms with E-state index in [1.165, 1.54) is 32.1 Å². The number of anilines is 1. The lowest BCUT2D eigenvalue weighted by molar-refractivity contribution is 0.350. The fourth-order valence-electron chi connectivity index (χ4n) is 2.78. The van der Waals surface area contributed by atoms with Gasteiger partial charge >= 0.3 is 0 Å². The van der Waals surface area contributed by atoms with Crippen molar-refractivity contribution in [3.63, 3.8) is 0 Å². The van der Waals surface area contributed by atoms with E-state index in [0.29, 0.717) is 11.9 Å². The van der Waals surface area contributed by atoms with E-state index in [4.69, 9.17) is 5.73 Å². The molecule has 3 N–H and O–H groups in total. The molecule has 0 spiro atoms. The van der Waals surface area contributed by atoms with Crippen molar-refractivity contribution in [2.75, 3.05) is 5.73 Å². The Hall–Kier alpha value is -1.85. The van der Waals surface area contributed by atoms with Crippen LogP contribution >= 0.6 is 0 Å². The number of nitrogens with one attached hydrogen (secondary N) is 1. The molecule has 0 aromatic carbocycles. The number of nitrogens with two attached hydrogens (primary N) is 1. The van der Waals surface area contributed by atoms with E-state index in [1.54, 1.807) is 0 Å². The van der Waals surface area contributed by atoms with Crippen molar-refractivity contribution >= 4 is 5.82 Å². The highest BCUT2D eigenvalue weighted by atomic mass is 15.3. The highest BCUT2D eigenvalue weighted by molar-refractivity contribution is 5.54. The molecule has 0 radical (unpaired) electrons. The first-order valence-electron chi connectivity index (χ1n) is 6.48. The number of rotatable bonds is 2. The molecule has 1 saturated carbocycles. The predicted octanol–water partition coefficient (Wildman–Crippen LogP) is 2.06. The van der Waals surface area contributed by atoms with Gasteiger partial charge in [-0.25, -0.2) is 0 Å². The third-order valence-electron chi connectivity index (χ3n) is 3.64. The molecule has 0 saturated heterocycles. The van der Waals surface area contributed by atoms with E-state index in [9.17, 15) is 0 Å². The minimum Gasteiger partial charge on any atom is -0.382 e. The molecule has 1 fully saturated rings. The quantitative estimate of drug-likeness (QED) is 0.849. The average molecular weight is 246 g/mol. The number of hydrogen-bond donors (Lipinski definition) is 2. The number of aromatic nitrogens is 5. The Labute approximate surface area is 106 Å². The second kappa shape index (κ2) is 4.44. The van der Waals surface area contributed by atoms with E-state index in [0.717, 1.165) is 17.3 Å². The van der Waals surface area contributed by atoms with E-state index in [2.05, 4.69) is 25.0 Å². The zero-order chi connectivity index (χ0) is 12.5. The molecule has 2 aromatic rings. The van der Waals surface area contributed by atoms with Crippen LogP contribution < -0.4 is 5.73 Å². The van der Waals surface area contributed by atoms with Crippen LogP contribution in [0.5, 0.6) is 0 Å². The van der Waals surface area contributed by atoms with Gasteiger partial charge in [-0.1, -0.05) is 19.3 Å². The summed E-state index contributed by atoms with van der Waals surface area (Å²) in [7, 11) is 0. The molecule has 0 unspecified atom stereocenters. The number of aryl methyl sites for hydroxylation is 1. The third-order valence-corrected chi connectivity index (χ3v) is 3.64. The van der Waals surface area contributed by atoms with Crippen LogP contribution in [0, 0.1) is 6.92 Å². The maximum atomic E-state index is 5.65. The summed E-state index contributed by atoms with van der Waals surface area (Å²) in [5.74, 6) is 2.30. The predicted molar refractivity (Wildman–Crippen MR) is 68.9 cm³/mol. The molecule has 0 aliphatic heterocycles. The summed E-state index contributed by atoms with van der Waals surface area (Å²) in [6, 6.07) is 2.32. The molecule has 2 aromatic heterocycles. The minimum absolute atomic E-state index is 0.487. The molecular formula is C12H18N6. The number of H-pyrrole nitrogens is 1. The smallest absolute Gasteiger partial charge is 0.182 e. The van der Waals surface area contributed by atoms with Crippen LogP contribution in [-0.4, -0.2) is 25.0 Å². The van der Waals surface area contributed by atoms with Gasteiger partial charge in [0.25, 0.3) is 0 Å². The lowest BCUT2D eigenvalue weighted by Gasteiger charge is -2.24. The Morgan fingerprint density at radius 1 is 1.28 bits per heavy atom. The Morgan fingerprint density at radius 3 is 2.72 bits per heavy atom. The summed E-state index contributed by atoms with van der Waals surface area (Å²) < 4.78 is 2.23. The van der Waals surface area contributed by atoms with Crippen LogP contribution in [0.25, 0.3) is 11.5 Å². The molecule has 96 valence electrons. The molecule has 1 aliphatic carbocycles. The zero-order valence-corrected chi connectivity index (χ0v) is 10.6. The van der Waals surface area contributed by atoms with Crippen molar-refractivity contribution in [2.24, 2.45) is 0 Å². The molecular weight excluding hydrogens is 228 g/mol. The van der Waals surface area contributed by atoms with Crippen LogP contribution in [0.3, 0.4) is 0 Å². The highest BCUT2D eigenvalue weighted by Crippen LogP contribution is 2.32. The van der Waals surface area contributed by atoms with Gasteiger partial charge in [0.15, 0.2) is 5.82 Å². The minimum atomic E-state index is 0.487. The summed E-state index contributed by atoms with van der Waals surface area (Å²) in [4.78, 5) is 0. The summed E-state index contributed by atoms with van der Waals surface area (Å²) in [5.41, 5.74) is 6.50. The molecule has 0 amide bonds. The van der Waals surface area contributed by atoms with Crippen LogP contribution in [0.1, 0.15) is 44.0 Å². The first-order valence-corrected chi connectivity index (χ1v) is 6.48. The van der Waals surface area contributed by atoms with Gasteiger partial charge in [0.2, 0.25) is 0 Å². The number of aromatic amines is 1. The van der Waals surface area contributed by atoms with E-state index in [1.807, 2.05) is 13.0 Å². The lowest BCUT2D eigenvalue weighted by atomic mass is 9.95. The summed E-state index contributed by atoms with van der Waals surface area (Å²) >= 11 is 0. The summed E-state index contributed by atoms with van der Waals surface area (Å²) in [5, 5.41) is 15.3. The summed E-state index contributed by atoms with van der Waals surface area (Å²) in [6.07, 6.45) is 6.31. The Morgan fingerprint density at radius 2 is 2.06 bits per heavy atom. The van der Waals surface area contributed by atoms with Gasteiger partial charge in [-0.3, -0.25) is 5.10 Å². The van der Waals surface area contributed by atoms with Crippen LogP contribution in [-0.2, 0) is 0 Å². The lowest BCUT2D eigenvalue weighted by Crippen LogP contribution is -2.15. The van der Waals surface area contributed by atoms with Gasteiger partial charge < -0.3 is 10.3 Å². The summed E-state index contributed by atoms with van der Waals surface area (Å²) in [6.45, 7) is 2.00. The van der Waals surface area contributed by atoms with Crippen LogP contribution in [0.2, 0.25) is 0 Å². The van der Waals surface area contributed by atoms with Crippen LogP contribution in [0.15, 0.2) is 6.07 Å². The van der Waals surface area contributed by atoms with E-state index in [-0.39, 0.29) is 0 Å². The van der Waals surface area contributed by atoms with Crippen LogP contribution in [0.4, 0.5) is 5.82 Å². The van der Waals surface area contributed by atoms with Gasteiger partial charge in [0.05, 0.1) is 0 Å². The Kier molecular flexibility index (Phi) is 2.77. The van der Waals surface area contributed by atoms with Crippen molar-refractivity contribution in [2.45, 2.75) is 45.1 Å². The molecule has 0 atom stereocenters. The monoisotopic (exact) mass is 246 g/mol. The van der Waals surface area contributed by atoms with Gasteiger partial charge in [-0.15, -0.1) is 10.2 Å². The molecule has 2 heterocycles. The maximum Gasteiger partial charge on any atom is 0.182 e. The number of nitrogens with zero attached hydrogens (tertiary/aromatic N) is 4. The Balaban J connectivity index is 2.00. The SMILES string of the molecule is Cc1nnc(-c2cc(N)n[nH]2)n1C1CCCCC1. The van der Waals surface area contributed by atoms with E-state index >= 15 is 0 Å². The van der Waals surface area contributed by atoms with Crippen molar-refractivity contribution in [1.82, 2.24) is 25.0 Å². The largest absolute Gasteiger partial charge is 0.382 e. The molecule has 3 rings (SSSR count). The normalized spacial score (nSPS) is 17.2. The van der Waals surface area contributed by atoms with Crippen molar-refractivity contribution in [3.8, 4) is 11.5 Å². The van der Waals surface area contributed by atoms with Gasteiger partial charge in [0.1, 0.15) is 17.3 Å². The van der Waals surface area contributed by atoms with Crippen molar-refractivity contribution in [1.29, 1.82) is 0 Å². The van der Waals surface area contributed by atoms with Gasteiger partial charge in [0, 0.05) is 12.1 Å². The first-order chi connectivity index (χ1) is 8.75. The topological polar surface area (TPSA) is 85.4 Å². The number of hydrogen-bond acceptors (Lipinski definition) is 4. The molecule has 1 aliphatic rings. The Bertz CT molecular complexity index is 535. The molecule has 6 heteroatoms. The van der Waals surface area contributed by atoms with Gasteiger partial charge in [-0.2, -0.15) is 5.10 Å². The fraction of sp³-hybridized carbons (Fsp3) is 0.583. The average Bonchev–Trinajstić information content (AvgIpc) is 2.96. The first kappa shape index (κ1) is 11.3. The highest BCUT2D eigenvalue weighted by Gasteiger charge is 2.22. The molecule has 0 bridgehead atoms. The third kappa shape index (κ3) is 1.87. The molecule has 18 heavy (non-hydrogen) atoms. The van der Waals surface area contributed by atoms with E-state index < -0.39 is 0 Å². The second-order valence-corrected chi connectivity index (χ2v) is 4.94. The van der Waals surface area contributed by atoms with Gasteiger partial charge in [-0.05, 0) is 19.8 Å². The molecule has 6 nitrogen and oxygen atoms in total. The van der Waals surface area contributed by atoms with Crippen molar-refractivity contribution < 1.29 is 0 Å². The number of nitrogen functional groups attached to an aromatic ring is 1. The fourth-order valence-corrected chi connectivity index (χ4v) is 2.78. The van der Waals surface area contributed by atoms with Crippen molar-refractivity contribution in [3.05, 3.63) is 11.9 Å². The zero-order valence-electron chi connectivity index (χ0n) is 10.6. The second-order valence-electron chi connectivity index (χ2n) is 4.94.